The number of anilines is 1. The van der Waals surface area contributed by atoms with E-state index in [9.17, 15) is 5.11 Å². The third-order valence-corrected chi connectivity index (χ3v) is 3.64. The molecule has 0 bridgehead atoms. The minimum absolute atomic E-state index is 0.0602. The van der Waals surface area contributed by atoms with Crippen LogP contribution in [0.15, 0.2) is 18.3 Å². The van der Waals surface area contributed by atoms with Gasteiger partial charge >= 0.3 is 0 Å². The Morgan fingerprint density at radius 2 is 2.45 bits per heavy atom. The summed E-state index contributed by atoms with van der Waals surface area (Å²) in [6, 6.07) is 4.51. The number of aromatic nitrogens is 1. The topological polar surface area (TPSA) is 57.6 Å². The zero-order valence-corrected chi connectivity index (χ0v) is 12.4. The number of aliphatic hydroxyl groups is 1. The number of nitrogens with one attached hydrogen (secondary N) is 1. The minimum atomic E-state index is -0.107. The van der Waals surface area contributed by atoms with Gasteiger partial charge in [-0.25, -0.2) is 4.98 Å². The zero-order valence-electron chi connectivity index (χ0n) is 12.4. The Bertz CT molecular complexity index is 414. The third kappa shape index (κ3) is 3.91. The predicted molar refractivity (Wildman–Crippen MR) is 80.0 cm³/mol. The molecule has 1 aromatic rings. The maximum absolute atomic E-state index is 9.21. The first kappa shape index (κ1) is 15.2. The molecular formula is C15H25N3O2. The highest BCUT2D eigenvalue weighted by Gasteiger charge is 2.21. The van der Waals surface area contributed by atoms with E-state index < -0.39 is 0 Å². The van der Waals surface area contributed by atoms with Gasteiger partial charge in [0.25, 0.3) is 0 Å². The van der Waals surface area contributed by atoms with Crippen LogP contribution < -0.4 is 10.2 Å². The standard InChI is InChI=1S/C15H25N3O2/c1-3-5-16-12(2)13-4-6-17-15(9-13)18-7-8-20-14(10-18)11-19/h4,6,9,12,14,16,19H,3,5,7-8,10-11H2,1-2H3. The molecule has 5 nitrogen and oxygen atoms in total. The summed E-state index contributed by atoms with van der Waals surface area (Å²) >= 11 is 0. The molecule has 2 heterocycles. The molecular weight excluding hydrogens is 254 g/mol. The van der Waals surface area contributed by atoms with Crippen molar-refractivity contribution in [3.63, 3.8) is 0 Å². The van der Waals surface area contributed by atoms with Crippen molar-refractivity contribution in [2.24, 2.45) is 0 Å². The van der Waals surface area contributed by atoms with E-state index >= 15 is 0 Å². The molecule has 0 amide bonds. The van der Waals surface area contributed by atoms with Gasteiger partial charge in [0.1, 0.15) is 5.82 Å². The number of ether oxygens (including phenoxy) is 1. The maximum Gasteiger partial charge on any atom is 0.128 e. The Kier molecular flexibility index (Phi) is 5.76. The van der Waals surface area contributed by atoms with Gasteiger partial charge in [-0.1, -0.05) is 6.92 Å². The molecule has 5 heteroatoms. The van der Waals surface area contributed by atoms with Crippen LogP contribution in [0.3, 0.4) is 0 Å². The second-order valence-corrected chi connectivity index (χ2v) is 5.24. The Morgan fingerprint density at radius 1 is 1.60 bits per heavy atom. The lowest BCUT2D eigenvalue weighted by atomic mass is 10.1. The molecule has 1 aliphatic rings. The molecule has 2 N–H and O–H groups in total. The van der Waals surface area contributed by atoms with Gasteiger partial charge in [0.2, 0.25) is 0 Å². The number of pyridine rings is 1. The lowest BCUT2D eigenvalue weighted by molar-refractivity contribution is 0.00336. The van der Waals surface area contributed by atoms with E-state index in [-0.39, 0.29) is 12.7 Å². The quantitative estimate of drug-likeness (QED) is 0.823. The highest BCUT2D eigenvalue weighted by atomic mass is 16.5. The first-order valence-corrected chi connectivity index (χ1v) is 7.41. The van der Waals surface area contributed by atoms with Crippen molar-refractivity contribution in [1.29, 1.82) is 0 Å². The summed E-state index contributed by atoms with van der Waals surface area (Å²) in [5, 5.41) is 12.7. The van der Waals surface area contributed by atoms with E-state index in [1.807, 2.05) is 6.20 Å². The summed E-state index contributed by atoms with van der Waals surface area (Å²) in [5.74, 6) is 0.967. The van der Waals surface area contributed by atoms with Gasteiger partial charge in [-0.15, -0.1) is 0 Å². The molecule has 1 fully saturated rings. The van der Waals surface area contributed by atoms with Crippen molar-refractivity contribution < 1.29 is 9.84 Å². The minimum Gasteiger partial charge on any atom is -0.394 e. The van der Waals surface area contributed by atoms with Crippen molar-refractivity contribution in [1.82, 2.24) is 10.3 Å². The molecule has 2 rings (SSSR count). The largest absolute Gasteiger partial charge is 0.394 e. The van der Waals surface area contributed by atoms with Crippen molar-refractivity contribution in [2.75, 3.05) is 37.7 Å². The van der Waals surface area contributed by atoms with Crippen LogP contribution in [0.5, 0.6) is 0 Å². The Morgan fingerprint density at radius 3 is 3.20 bits per heavy atom. The highest BCUT2D eigenvalue weighted by Crippen LogP contribution is 2.20. The smallest absolute Gasteiger partial charge is 0.128 e. The number of rotatable bonds is 6. The van der Waals surface area contributed by atoms with Gasteiger partial charge in [-0.3, -0.25) is 0 Å². The van der Waals surface area contributed by atoms with Gasteiger partial charge in [0, 0.05) is 25.3 Å². The van der Waals surface area contributed by atoms with E-state index in [0.29, 0.717) is 19.2 Å². The fourth-order valence-corrected chi connectivity index (χ4v) is 2.39. The Hall–Kier alpha value is -1.17. The molecule has 0 saturated carbocycles. The van der Waals surface area contributed by atoms with E-state index in [2.05, 4.69) is 41.2 Å². The van der Waals surface area contributed by atoms with Crippen LogP contribution in [0, 0.1) is 0 Å². The molecule has 112 valence electrons. The summed E-state index contributed by atoms with van der Waals surface area (Å²) in [6.07, 6.45) is 2.88. The number of morpholine rings is 1. The fraction of sp³-hybridized carbons (Fsp3) is 0.667. The summed E-state index contributed by atoms with van der Waals surface area (Å²) in [7, 11) is 0. The summed E-state index contributed by atoms with van der Waals surface area (Å²) < 4.78 is 5.48. The highest BCUT2D eigenvalue weighted by molar-refractivity contribution is 5.42. The van der Waals surface area contributed by atoms with Crippen LogP contribution in [-0.2, 0) is 4.74 Å². The van der Waals surface area contributed by atoms with Crippen LogP contribution in [0.1, 0.15) is 31.9 Å². The average Bonchev–Trinajstić information content (AvgIpc) is 2.52. The molecule has 0 radical (unpaired) electrons. The second-order valence-electron chi connectivity index (χ2n) is 5.24. The SMILES string of the molecule is CCCNC(C)c1ccnc(N2CCOC(CO)C2)c1. The van der Waals surface area contributed by atoms with Gasteiger partial charge in [0.05, 0.1) is 19.3 Å². The first-order valence-electron chi connectivity index (χ1n) is 7.41. The fourth-order valence-electron chi connectivity index (χ4n) is 2.39. The van der Waals surface area contributed by atoms with Crippen LogP contribution in [0.25, 0.3) is 0 Å². The van der Waals surface area contributed by atoms with Crippen LogP contribution in [-0.4, -0.2) is 49.0 Å². The molecule has 2 atom stereocenters. The molecule has 20 heavy (non-hydrogen) atoms. The second kappa shape index (κ2) is 7.57. The molecule has 1 aromatic heterocycles. The average molecular weight is 279 g/mol. The first-order chi connectivity index (χ1) is 9.74. The van der Waals surface area contributed by atoms with E-state index in [0.717, 1.165) is 25.3 Å². The van der Waals surface area contributed by atoms with Crippen LogP contribution in [0.4, 0.5) is 5.82 Å². The van der Waals surface area contributed by atoms with Crippen molar-refractivity contribution in [3.8, 4) is 0 Å². The van der Waals surface area contributed by atoms with E-state index in [1.165, 1.54) is 5.56 Å². The Labute approximate surface area is 121 Å². The van der Waals surface area contributed by atoms with Crippen LogP contribution >= 0.6 is 0 Å². The Balaban J connectivity index is 2.05. The molecule has 0 aromatic carbocycles. The van der Waals surface area contributed by atoms with Crippen molar-refractivity contribution in [2.45, 2.75) is 32.4 Å². The zero-order chi connectivity index (χ0) is 14.4. The van der Waals surface area contributed by atoms with Crippen molar-refractivity contribution in [3.05, 3.63) is 23.9 Å². The third-order valence-electron chi connectivity index (χ3n) is 3.64. The number of nitrogens with zero attached hydrogens (tertiary/aromatic N) is 2. The number of hydrogen-bond acceptors (Lipinski definition) is 5. The number of hydrogen-bond donors (Lipinski definition) is 2. The van der Waals surface area contributed by atoms with Gasteiger partial charge in [0.15, 0.2) is 0 Å². The van der Waals surface area contributed by atoms with Crippen molar-refractivity contribution >= 4 is 5.82 Å². The van der Waals surface area contributed by atoms with Gasteiger partial charge in [-0.2, -0.15) is 0 Å². The van der Waals surface area contributed by atoms with Gasteiger partial charge in [-0.05, 0) is 37.6 Å². The lowest BCUT2D eigenvalue weighted by Gasteiger charge is -2.33. The lowest BCUT2D eigenvalue weighted by Crippen LogP contribution is -2.44. The molecule has 0 spiro atoms. The summed E-state index contributed by atoms with van der Waals surface area (Å²) in [4.78, 5) is 6.64. The van der Waals surface area contributed by atoms with E-state index in [4.69, 9.17) is 4.74 Å². The normalized spacial score (nSPS) is 20.9. The predicted octanol–water partition coefficient (Wildman–Crippen LogP) is 1.34. The molecule has 2 unspecified atom stereocenters. The van der Waals surface area contributed by atoms with Gasteiger partial charge < -0.3 is 20.1 Å². The summed E-state index contributed by atoms with van der Waals surface area (Å²) in [6.45, 7) is 7.58. The maximum atomic E-state index is 9.21. The summed E-state index contributed by atoms with van der Waals surface area (Å²) in [5.41, 5.74) is 1.25. The monoisotopic (exact) mass is 279 g/mol. The molecule has 1 aliphatic heterocycles. The molecule has 0 aliphatic carbocycles. The van der Waals surface area contributed by atoms with Crippen LogP contribution in [0.2, 0.25) is 0 Å². The number of aliphatic hydroxyl groups excluding tert-OH is 1. The molecule has 1 saturated heterocycles. The van der Waals surface area contributed by atoms with E-state index in [1.54, 1.807) is 0 Å².